The summed E-state index contributed by atoms with van der Waals surface area (Å²) in [7, 11) is -1.84. The molecule has 0 atom stereocenters. The van der Waals surface area contributed by atoms with Crippen LogP contribution in [0.25, 0.3) is 0 Å². The molecule has 2 nitrogen and oxygen atoms in total. The molecule has 1 aliphatic heterocycles. The molecule has 4 heteroatoms. The van der Waals surface area contributed by atoms with E-state index in [2.05, 4.69) is 0 Å². The van der Waals surface area contributed by atoms with E-state index in [1.54, 1.807) is 0 Å². The standard InChI is InChI=1S/C8H8O2S2/c9-12(10)6-8-4-2-1-3-7(8)5-11-12/h1-4H,5-6H2. The molecule has 0 N–H and O–H groups in total. The van der Waals surface area contributed by atoms with Gasteiger partial charge in [0.05, 0.1) is 5.75 Å². The fourth-order valence-electron chi connectivity index (χ4n) is 1.22. The zero-order valence-corrected chi connectivity index (χ0v) is 7.99. The minimum absolute atomic E-state index is 0.188. The van der Waals surface area contributed by atoms with Gasteiger partial charge in [-0.05, 0) is 21.9 Å². The Kier molecular flexibility index (Phi) is 1.88. The first kappa shape index (κ1) is 8.13. The summed E-state index contributed by atoms with van der Waals surface area (Å²) in [5, 5.41) is 0. The molecule has 0 aliphatic carbocycles. The number of fused-ring (bicyclic) bond motifs is 1. The molecule has 1 aromatic carbocycles. The summed E-state index contributed by atoms with van der Waals surface area (Å²) in [6.45, 7) is 0. The Bertz CT molecular complexity index is 395. The van der Waals surface area contributed by atoms with Crippen molar-refractivity contribution in [1.29, 1.82) is 0 Å². The van der Waals surface area contributed by atoms with E-state index in [1.165, 1.54) is 0 Å². The van der Waals surface area contributed by atoms with Gasteiger partial charge < -0.3 is 0 Å². The van der Waals surface area contributed by atoms with Gasteiger partial charge in [-0.25, -0.2) is 8.42 Å². The van der Waals surface area contributed by atoms with Crippen LogP contribution in [0, 0.1) is 0 Å². The molecule has 0 spiro atoms. The van der Waals surface area contributed by atoms with Crippen LogP contribution in [0.3, 0.4) is 0 Å². The Labute approximate surface area is 75.3 Å². The Morgan fingerprint density at radius 2 is 1.83 bits per heavy atom. The van der Waals surface area contributed by atoms with Crippen LogP contribution in [0.5, 0.6) is 0 Å². The van der Waals surface area contributed by atoms with Crippen molar-refractivity contribution in [1.82, 2.24) is 0 Å². The van der Waals surface area contributed by atoms with Crippen LogP contribution in [0.15, 0.2) is 24.3 Å². The largest absolute Gasteiger partial charge is 0.217 e. The molecule has 1 aliphatic rings. The van der Waals surface area contributed by atoms with Gasteiger partial charge in [-0.15, -0.1) is 0 Å². The van der Waals surface area contributed by atoms with Gasteiger partial charge in [-0.3, -0.25) is 0 Å². The van der Waals surface area contributed by atoms with Crippen LogP contribution >= 0.6 is 10.8 Å². The van der Waals surface area contributed by atoms with E-state index in [4.69, 9.17) is 0 Å². The smallest absolute Gasteiger partial charge is 0.206 e. The van der Waals surface area contributed by atoms with Gasteiger partial charge in [-0.1, -0.05) is 24.3 Å². The van der Waals surface area contributed by atoms with Gasteiger partial charge >= 0.3 is 0 Å². The van der Waals surface area contributed by atoms with Crippen LogP contribution in [-0.4, -0.2) is 8.42 Å². The Hall–Kier alpha value is -0.480. The quantitative estimate of drug-likeness (QED) is 0.598. The topological polar surface area (TPSA) is 34.1 Å². The maximum absolute atomic E-state index is 11.2. The molecule has 64 valence electrons. The first-order valence-electron chi connectivity index (χ1n) is 3.61. The molecule has 0 unspecified atom stereocenters. The molecule has 0 saturated heterocycles. The van der Waals surface area contributed by atoms with Gasteiger partial charge in [0.1, 0.15) is 0 Å². The number of benzene rings is 1. The highest BCUT2D eigenvalue weighted by Gasteiger charge is 2.20. The zero-order valence-electron chi connectivity index (χ0n) is 6.36. The van der Waals surface area contributed by atoms with Crippen molar-refractivity contribution < 1.29 is 8.42 Å². The van der Waals surface area contributed by atoms with Crippen LogP contribution < -0.4 is 0 Å². The third-order valence-electron chi connectivity index (χ3n) is 1.84. The first-order valence-corrected chi connectivity index (χ1v) is 6.77. The Balaban J connectivity index is 2.48. The van der Waals surface area contributed by atoms with Crippen LogP contribution in [-0.2, 0) is 20.4 Å². The average molecular weight is 200 g/mol. The third kappa shape index (κ3) is 1.49. The average Bonchev–Trinajstić information content (AvgIpc) is 2.02. The van der Waals surface area contributed by atoms with Crippen LogP contribution in [0.1, 0.15) is 11.1 Å². The summed E-state index contributed by atoms with van der Waals surface area (Å²) >= 11 is 0. The van der Waals surface area contributed by atoms with Gasteiger partial charge in [0, 0.05) is 5.75 Å². The summed E-state index contributed by atoms with van der Waals surface area (Å²) in [5.74, 6) is 0.784. The maximum Gasteiger partial charge on any atom is 0.206 e. The molecule has 0 radical (unpaired) electrons. The van der Waals surface area contributed by atoms with E-state index in [0.29, 0.717) is 5.75 Å². The fraction of sp³-hybridized carbons (Fsp3) is 0.250. The monoisotopic (exact) mass is 200 g/mol. The van der Waals surface area contributed by atoms with E-state index >= 15 is 0 Å². The van der Waals surface area contributed by atoms with Crippen molar-refractivity contribution in [2.75, 3.05) is 0 Å². The highest BCUT2D eigenvalue weighted by Crippen LogP contribution is 2.31. The lowest BCUT2D eigenvalue weighted by atomic mass is 10.1. The molecule has 0 saturated carbocycles. The first-order chi connectivity index (χ1) is 5.67. The van der Waals surface area contributed by atoms with Gasteiger partial charge in [0.25, 0.3) is 0 Å². The highest BCUT2D eigenvalue weighted by molar-refractivity contribution is 8.71. The van der Waals surface area contributed by atoms with E-state index in [1.807, 2.05) is 24.3 Å². The molecule has 0 fully saturated rings. The fourth-order valence-corrected chi connectivity index (χ4v) is 4.11. The lowest BCUT2D eigenvalue weighted by Gasteiger charge is -2.14. The molecule has 0 amide bonds. The van der Waals surface area contributed by atoms with E-state index in [9.17, 15) is 8.42 Å². The van der Waals surface area contributed by atoms with Crippen LogP contribution in [0.2, 0.25) is 0 Å². The van der Waals surface area contributed by atoms with Crippen LogP contribution in [0.4, 0.5) is 0 Å². The van der Waals surface area contributed by atoms with E-state index < -0.39 is 8.87 Å². The SMILES string of the molecule is O=S1(=O)Cc2ccccc2CS1. The van der Waals surface area contributed by atoms with Gasteiger partial charge in [0.2, 0.25) is 8.87 Å². The Morgan fingerprint density at radius 3 is 2.58 bits per heavy atom. The second-order valence-electron chi connectivity index (χ2n) is 2.73. The minimum Gasteiger partial charge on any atom is -0.217 e. The predicted octanol–water partition coefficient (Wildman–Crippen LogP) is 1.76. The number of rotatable bonds is 0. The molecule has 1 aromatic rings. The van der Waals surface area contributed by atoms with E-state index in [-0.39, 0.29) is 5.75 Å². The lowest BCUT2D eigenvalue weighted by Crippen LogP contribution is -2.07. The predicted molar refractivity (Wildman–Crippen MR) is 50.4 cm³/mol. The van der Waals surface area contributed by atoms with Gasteiger partial charge in [0.15, 0.2) is 0 Å². The number of hydrogen-bond acceptors (Lipinski definition) is 3. The molecule has 0 bridgehead atoms. The molecule has 12 heavy (non-hydrogen) atoms. The normalized spacial score (nSPS) is 20.0. The molecule has 2 rings (SSSR count). The summed E-state index contributed by atoms with van der Waals surface area (Å²) < 4.78 is 22.4. The zero-order chi connectivity index (χ0) is 8.60. The van der Waals surface area contributed by atoms with Crippen molar-refractivity contribution >= 4 is 19.7 Å². The number of hydrogen-bond donors (Lipinski definition) is 0. The van der Waals surface area contributed by atoms with Crippen molar-refractivity contribution in [3.63, 3.8) is 0 Å². The molecular weight excluding hydrogens is 192 g/mol. The second kappa shape index (κ2) is 2.78. The van der Waals surface area contributed by atoms with E-state index in [0.717, 1.165) is 21.9 Å². The van der Waals surface area contributed by atoms with Crippen molar-refractivity contribution in [3.05, 3.63) is 35.4 Å². The maximum atomic E-state index is 11.2. The van der Waals surface area contributed by atoms with Gasteiger partial charge in [-0.2, -0.15) is 0 Å². The van der Waals surface area contributed by atoms with Crippen molar-refractivity contribution in [2.45, 2.75) is 11.5 Å². The lowest BCUT2D eigenvalue weighted by molar-refractivity contribution is 0.609. The minimum atomic E-state index is -2.88. The molecule has 1 heterocycles. The van der Waals surface area contributed by atoms with Crippen molar-refractivity contribution in [3.8, 4) is 0 Å². The summed E-state index contributed by atoms with van der Waals surface area (Å²) in [6.07, 6.45) is 0. The molecular formula is C8H8O2S2. The van der Waals surface area contributed by atoms with Crippen molar-refractivity contribution in [2.24, 2.45) is 0 Å². The third-order valence-corrected chi connectivity index (χ3v) is 5.08. The summed E-state index contributed by atoms with van der Waals surface area (Å²) in [5.41, 5.74) is 2.11. The Morgan fingerprint density at radius 1 is 1.17 bits per heavy atom. The second-order valence-corrected chi connectivity index (χ2v) is 6.89. The summed E-state index contributed by atoms with van der Waals surface area (Å²) in [4.78, 5) is 0. The highest BCUT2D eigenvalue weighted by atomic mass is 33.1. The summed E-state index contributed by atoms with van der Waals surface area (Å²) in [6, 6.07) is 7.69. The molecule has 0 aromatic heterocycles.